The summed E-state index contributed by atoms with van der Waals surface area (Å²) in [6.45, 7) is 11.4. The number of rotatable bonds is 7. The maximum atomic E-state index is 4.67. The Morgan fingerprint density at radius 2 is 2.00 bits per heavy atom. The number of fused-ring (bicyclic) bond motifs is 1. The molecular weight excluding hydrogens is 338 g/mol. The molecule has 0 amide bonds. The van der Waals surface area contributed by atoms with Crippen molar-refractivity contribution in [3.05, 3.63) is 53.2 Å². The Labute approximate surface area is 160 Å². The Balaban J connectivity index is 1.55. The van der Waals surface area contributed by atoms with Gasteiger partial charge in [-0.1, -0.05) is 6.07 Å². The first-order valence-electron chi connectivity index (χ1n) is 9.53. The molecular formula is C20H29N7. The van der Waals surface area contributed by atoms with E-state index in [9.17, 15) is 0 Å². The van der Waals surface area contributed by atoms with Crippen molar-refractivity contribution in [2.75, 3.05) is 13.1 Å². The molecule has 0 aliphatic heterocycles. The molecule has 0 saturated heterocycles. The van der Waals surface area contributed by atoms with Gasteiger partial charge in [-0.2, -0.15) is 5.10 Å². The number of pyridine rings is 1. The van der Waals surface area contributed by atoms with Crippen LogP contribution in [0.2, 0.25) is 0 Å². The highest BCUT2D eigenvalue weighted by Crippen LogP contribution is 2.09. The Hall–Kier alpha value is -2.83. The lowest BCUT2D eigenvalue weighted by Crippen LogP contribution is -2.38. The van der Waals surface area contributed by atoms with Crippen LogP contribution in [-0.4, -0.2) is 38.2 Å². The Bertz CT molecular complexity index is 920. The molecule has 7 nitrogen and oxygen atoms in total. The first kappa shape index (κ1) is 18.9. The highest BCUT2D eigenvalue weighted by Gasteiger charge is 2.04. The van der Waals surface area contributed by atoms with Gasteiger partial charge in [0.15, 0.2) is 5.96 Å². The zero-order chi connectivity index (χ0) is 19.2. The van der Waals surface area contributed by atoms with E-state index in [4.69, 9.17) is 0 Å². The van der Waals surface area contributed by atoms with E-state index in [0.717, 1.165) is 49.0 Å². The second kappa shape index (κ2) is 8.70. The molecule has 3 heterocycles. The molecule has 0 aliphatic rings. The summed E-state index contributed by atoms with van der Waals surface area (Å²) in [5, 5.41) is 11.2. The van der Waals surface area contributed by atoms with Gasteiger partial charge in [0.25, 0.3) is 0 Å². The van der Waals surface area contributed by atoms with Crippen molar-refractivity contribution in [1.82, 2.24) is 29.8 Å². The van der Waals surface area contributed by atoms with Gasteiger partial charge < -0.3 is 15.0 Å². The van der Waals surface area contributed by atoms with Crippen molar-refractivity contribution in [3.63, 3.8) is 0 Å². The monoisotopic (exact) mass is 367 g/mol. The molecule has 3 aromatic rings. The molecule has 0 unspecified atom stereocenters. The van der Waals surface area contributed by atoms with Gasteiger partial charge >= 0.3 is 0 Å². The van der Waals surface area contributed by atoms with E-state index < -0.39 is 0 Å². The summed E-state index contributed by atoms with van der Waals surface area (Å²) in [5.74, 6) is 0.819. The smallest absolute Gasteiger partial charge is 0.191 e. The molecule has 0 saturated carbocycles. The van der Waals surface area contributed by atoms with Gasteiger partial charge in [-0.25, -0.2) is 9.98 Å². The molecule has 144 valence electrons. The molecule has 3 aromatic heterocycles. The fourth-order valence-electron chi connectivity index (χ4n) is 3.11. The van der Waals surface area contributed by atoms with Gasteiger partial charge in [0.1, 0.15) is 5.65 Å². The van der Waals surface area contributed by atoms with Crippen LogP contribution >= 0.6 is 0 Å². The van der Waals surface area contributed by atoms with E-state index in [1.165, 1.54) is 11.4 Å². The van der Waals surface area contributed by atoms with Crippen LogP contribution in [0.4, 0.5) is 0 Å². The van der Waals surface area contributed by atoms with Crippen LogP contribution in [0.5, 0.6) is 0 Å². The van der Waals surface area contributed by atoms with Crippen LogP contribution in [0.25, 0.3) is 5.65 Å². The van der Waals surface area contributed by atoms with Crippen LogP contribution in [0, 0.1) is 20.8 Å². The summed E-state index contributed by atoms with van der Waals surface area (Å²) in [7, 11) is 0. The van der Waals surface area contributed by atoms with Gasteiger partial charge in [0.05, 0.1) is 17.9 Å². The number of nitrogens with one attached hydrogen (secondary N) is 2. The van der Waals surface area contributed by atoms with E-state index in [1.54, 1.807) is 0 Å². The van der Waals surface area contributed by atoms with E-state index in [1.807, 2.05) is 19.1 Å². The first-order valence-corrected chi connectivity index (χ1v) is 9.53. The van der Waals surface area contributed by atoms with Gasteiger partial charge in [0, 0.05) is 37.2 Å². The number of hydrogen-bond donors (Lipinski definition) is 2. The van der Waals surface area contributed by atoms with E-state index in [0.29, 0.717) is 6.54 Å². The highest BCUT2D eigenvalue weighted by atomic mass is 15.3. The Morgan fingerprint density at radius 1 is 1.15 bits per heavy atom. The van der Waals surface area contributed by atoms with Crippen molar-refractivity contribution in [1.29, 1.82) is 0 Å². The fourth-order valence-corrected chi connectivity index (χ4v) is 3.11. The van der Waals surface area contributed by atoms with Crippen molar-refractivity contribution in [3.8, 4) is 0 Å². The average molecular weight is 368 g/mol. The standard InChI is InChI=1S/C20H29N7/c1-5-21-20(22-10-7-11-27-17(4)12-15(2)25-27)23-13-18-14-26-16(3)8-6-9-19(26)24-18/h6,8-9,12,14H,5,7,10-11,13H2,1-4H3,(H2,21,22,23). The summed E-state index contributed by atoms with van der Waals surface area (Å²) in [6, 6.07) is 8.23. The van der Waals surface area contributed by atoms with E-state index >= 15 is 0 Å². The zero-order valence-electron chi connectivity index (χ0n) is 16.7. The van der Waals surface area contributed by atoms with Gasteiger partial charge in [-0.3, -0.25) is 4.68 Å². The van der Waals surface area contributed by atoms with Crippen molar-refractivity contribution in [2.24, 2.45) is 4.99 Å². The maximum absolute atomic E-state index is 4.67. The number of hydrogen-bond acceptors (Lipinski definition) is 3. The van der Waals surface area contributed by atoms with Gasteiger partial charge in [0.2, 0.25) is 0 Å². The molecule has 0 spiro atoms. The normalized spacial score (nSPS) is 11.9. The van der Waals surface area contributed by atoms with Crippen LogP contribution in [0.1, 0.15) is 36.1 Å². The molecule has 0 aliphatic carbocycles. The lowest BCUT2D eigenvalue weighted by Gasteiger charge is -2.11. The lowest BCUT2D eigenvalue weighted by atomic mass is 10.4. The SMILES string of the molecule is CCNC(=NCc1cn2c(C)cccc2n1)NCCCn1nc(C)cc1C. The summed E-state index contributed by atoms with van der Waals surface area (Å²) in [5.41, 5.74) is 5.37. The minimum Gasteiger partial charge on any atom is -0.357 e. The van der Waals surface area contributed by atoms with Gasteiger partial charge in [-0.15, -0.1) is 0 Å². The predicted octanol–water partition coefficient (Wildman–Crippen LogP) is 2.60. The Kier molecular flexibility index (Phi) is 6.11. The third-order valence-electron chi connectivity index (χ3n) is 4.43. The molecule has 0 aromatic carbocycles. The summed E-state index contributed by atoms with van der Waals surface area (Å²) in [6.07, 6.45) is 3.04. The molecule has 0 radical (unpaired) electrons. The average Bonchev–Trinajstić information content (AvgIpc) is 3.19. The third kappa shape index (κ3) is 4.87. The zero-order valence-corrected chi connectivity index (χ0v) is 16.7. The number of aliphatic imine (C=N–C) groups is 1. The molecule has 7 heteroatoms. The quantitative estimate of drug-likeness (QED) is 0.383. The third-order valence-corrected chi connectivity index (χ3v) is 4.43. The maximum Gasteiger partial charge on any atom is 0.191 e. The molecule has 3 rings (SSSR count). The molecule has 27 heavy (non-hydrogen) atoms. The minimum absolute atomic E-state index is 0.550. The summed E-state index contributed by atoms with van der Waals surface area (Å²) < 4.78 is 4.15. The van der Waals surface area contributed by atoms with Crippen LogP contribution in [0.15, 0.2) is 35.5 Å². The summed E-state index contributed by atoms with van der Waals surface area (Å²) >= 11 is 0. The second-order valence-electron chi connectivity index (χ2n) is 6.75. The lowest BCUT2D eigenvalue weighted by molar-refractivity contribution is 0.555. The number of aryl methyl sites for hydroxylation is 4. The van der Waals surface area contributed by atoms with Gasteiger partial charge in [-0.05, 0) is 52.3 Å². The number of aromatic nitrogens is 4. The number of nitrogens with zero attached hydrogens (tertiary/aromatic N) is 5. The number of imidazole rings is 1. The molecule has 2 N–H and O–H groups in total. The van der Waals surface area contributed by atoms with Crippen molar-refractivity contribution in [2.45, 2.75) is 47.2 Å². The largest absolute Gasteiger partial charge is 0.357 e. The van der Waals surface area contributed by atoms with E-state index in [-0.39, 0.29) is 0 Å². The van der Waals surface area contributed by atoms with Crippen LogP contribution in [-0.2, 0) is 13.1 Å². The van der Waals surface area contributed by atoms with Crippen LogP contribution < -0.4 is 10.6 Å². The summed E-state index contributed by atoms with van der Waals surface area (Å²) in [4.78, 5) is 9.31. The predicted molar refractivity (Wildman–Crippen MR) is 109 cm³/mol. The second-order valence-corrected chi connectivity index (χ2v) is 6.75. The highest BCUT2D eigenvalue weighted by molar-refractivity contribution is 5.79. The van der Waals surface area contributed by atoms with Crippen LogP contribution in [0.3, 0.4) is 0 Å². The fraction of sp³-hybridized carbons (Fsp3) is 0.450. The minimum atomic E-state index is 0.550. The number of guanidine groups is 1. The Morgan fingerprint density at radius 3 is 2.70 bits per heavy atom. The van der Waals surface area contributed by atoms with E-state index in [2.05, 4.69) is 73.9 Å². The van der Waals surface area contributed by atoms with Crippen molar-refractivity contribution >= 4 is 11.6 Å². The molecule has 0 bridgehead atoms. The topological polar surface area (TPSA) is 71.5 Å². The first-order chi connectivity index (χ1) is 13.1. The molecule has 0 fully saturated rings. The molecule has 0 atom stereocenters. The van der Waals surface area contributed by atoms with Crippen molar-refractivity contribution < 1.29 is 0 Å².